The summed E-state index contributed by atoms with van der Waals surface area (Å²) >= 11 is 18.0. The molecule has 0 aliphatic carbocycles. The molecule has 80 valence electrons. The molecule has 0 saturated heterocycles. The maximum Gasteiger partial charge on any atom is 0.224 e. The summed E-state index contributed by atoms with van der Waals surface area (Å²) in [4.78, 5) is 11.3. The Morgan fingerprint density at radius 1 is 1.07 bits per heavy atom. The largest absolute Gasteiger partial charge is 0.325 e. The number of carbonyl (C=O) groups is 1. The number of rotatable bonds is 0. The number of amides is 1. The molecule has 0 spiro atoms. The van der Waals surface area contributed by atoms with Crippen LogP contribution in [0.1, 0.15) is 17.5 Å². The maximum atomic E-state index is 11.3. The van der Waals surface area contributed by atoms with E-state index in [0.717, 1.165) is 11.1 Å². The molecule has 1 amide bonds. The molecule has 1 heterocycles. The normalized spacial score (nSPS) is 14.8. The summed E-state index contributed by atoms with van der Waals surface area (Å²) in [5.41, 5.74) is 2.36. The van der Waals surface area contributed by atoms with Gasteiger partial charge >= 0.3 is 0 Å². The zero-order valence-corrected chi connectivity index (χ0v) is 10.2. The second-order valence-corrected chi connectivity index (χ2v) is 4.60. The Labute approximate surface area is 103 Å². The van der Waals surface area contributed by atoms with Crippen molar-refractivity contribution in [1.29, 1.82) is 0 Å². The average Bonchev–Trinajstić information content (AvgIpc) is 2.23. The van der Waals surface area contributed by atoms with E-state index in [0.29, 0.717) is 33.6 Å². The summed E-state index contributed by atoms with van der Waals surface area (Å²) < 4.78 is 0. The Bertz CT molecular complexity index is 457. The number of nitrogens with one attached hydrogen (secondary N) is 1. The van der Waals surface area contributed by atoms with E-state index < -0.39 is 0 Å². The van der Waals surface area contributed by atoms with Gasteiger partial charge in [0.2, 0.25) is 5.91 Å². The van der Waals surface area contributed by atoms with Crippen molar-refractivity contribution in [1.82, 2.24) is 0 Å². The minimum atomic E-state index is -0.0138. The van der Waals surface area contributed by atoms with Gasteiger partial charge in [0.1, 0.15) is 0 Å². The zero-order valence-electron chi connectivity index (χ0n) is 7.96. The lowest BCUT2D eigenvalue weighted by Crippen LogP contribution is -2.20. The van der Waals surface area contributed by atoms with Crippen LogP contribution in [0.2, 0.25) is 15.1 Å². The van der Waals surface area contributed by atoms with Gasteiger partial charge in [0.15, 0.2) is 0 Å². The fourth-order valence-electron chi connectivity index (χ4n) is 1.68. The van der Waals surface area contributed by atoms with Crippen LogP contribution >= 0.6 is 34.8 Å². The number of hydrogen-bond acceptors (Lipinski definition) is 1. The van der Waals surface area contributed by atoms with Crippen molar-refractivity contribution < 1.29 is 4.79 Å². The SMILES string of the molecule is Cc1c(Cl)c(Cl)c(Cl)c2c1NC(=O)CC2. The third kappa shape index (κ3) is 1.71. The molecule has 1 N–H and O–H groups in total. The lowest BCUT2D eigenvalue weighted by Gasteiger charge is -2.22. The van der Waals surface area contributed by atoms with Gasteiger partial charge in [-0.25, -0.2) is 0 Å². The Kier molecular flexibility index (Phi) is 2.84. The second kappa shape index (κ2) is 3.85. The van der Waals surface area contributed by atoms with E-state index in [1.807, 2.05) is 6.92 Å². The third-order valence-electron chi connectivity index (χ3n) is 2.52. The number of hydrogen-bond donors (Lipinski definition) is 1. The van der Waals surface area contributed by atoms with Crippen molar-refractivity contribution in [3.63, 3.8) is 0 Å². The van der Waals surface area contributed by atoms with Crippen LogP contribution in [0.5, 0.6) is 0 Å². The van der Waals surface area contributed by atoms with Gasteiger partial charge in [-0.2, -0.15) is 0 Å². The van der Waals surface area contributed by atoms with Crippen LogP contribution < -0.4 is 5.32 Å². The molecule has 0 fully saturated rings. The molecule has 2 rings (SSSR count). The van der Waals surface area contributed by atoms with E-state index >= 15 is 0 Å². The molecule has 1 aliphatic rings. The van der Waals surface area contributed by atoms with Crippen LogP contribution in [0.3, 0.4) is 0 Å². The van der Waals surface area contributed by atoms with Gasteiger partial charge in [-0.05, 0) is 24.5 Å². The highest BCUT2D eigenvalue weighted by Crippen LogP contribution is 2.42. The van der Waals surface area contributed by atoms with E-state index in [1.165, 1.54) is 0 Å². The van der Waals surface area contributed by atoms with Gasteiger partial charge < -0.3 is 5.32 Å². The van der Waals surface area contributed by atoms with Crippen LogP contribution in [0.15, 0.2) is 0 Å². The van der Waals surface area contributed by atoms with Crippen molar-refractivity contribution in [2.75, 3.05) is 5.32 Å². The van der Waals surface area contributed by atoms with Crippen LogP contribution in [0, 0.1) is 6.92 Å². The molecule has 15 heavy (non-hydrogen) atoms. The molecule has 0 saturated carbocycles. The molecule has 1 aliphatic heterocycles. The molecule has 0 radical (unpaired) electrons. The first-order chi connectivity index (χ1) is 7.02. The summed E-state index contributed by atoms with van der Waals surface area (Å²) in [5, 5.41) is 3.99. The van der Waals surface area contributed by atoms with Crippen molar-refractivity contribution in [3.05, 3.63) is 26.2 Å². The highest BCUT2D eigenvalue weighted by molar-refractivity contribution is 6.49. The first kappa shape index (κ1) is 11.1. The van der Waals surface area contributed by atoms with Crippen LogP contribution in [0.25, 0.3) is 0 Å². The van der Waals surface area contributed by atoms with E-state index in [1.54, 1.807) is 0 Å². The van der Waals surface area contributed by atoms with Crippen molar-refractivity contribution >= 4 is 46.4 Å². The van der Waals surface area contributed by atoms with Crippen molar-refractivity contribution in [2.24, 2.45) is 0 Å². The molecular weight excluding hydrogens is 256 g/mol. The maximum absolute atomic E-state index is 11.3. The molecular formula is C10H8Cl3NO. The third-order valence-corrected chi connectivity index (χ3v) is 3.98. The Morgan fingerprint density at radius 2 is 1.73 bits per heavy atom. The average molecular weight is 265 g/mol. The lowest BCUT2D eigenvalue weighted by molar-refractivity contribution is -0.116. The molecule has 2 nitrogen and oxygen atoms in total. The van der Waals surface area contributed by atoms with Gasteiger partial charge in [0.25, 0.3) is 0 Å². The molecule has 0 unspecified atom stereocenters. The minimum absolute atomic E-state index is 0.0138. The fraction of sp³-hybridized carbons (Fsp3) is 0.300. The highest BCUT2D eigenvalue weighted by Gasteiger charge is 2.23. The molecule has 0 aromatic heterocycles. The monoisotopic (exact) mass is 263 g/mol. The Balaban J connectivity index is 2.70. The van der Waals surface area contributed by atoms with Gasteiger partial charge in [0, 0.05) is 12.1 Å². The molecule has 0 bridgehead atoms. The Morgan fingerprint density at radius 3 is 2.40 bits per heavy atom. The van der Waals surface area contributed by atoms with E-state index in [2.05, 4.69) is 5.32 Å². The first-order valence-corrected chi connectivity index (χ1v) is 5.61. The van der Waals surface area contributed by atoms with Gasteiger partial charge in [-0.3, -0.25) is 4.79 Å². The number of carbonyl (C=O) groups excluding carboxylic acids is 1. The molecule has 0 atom stereocenters. The summed E-state index contributed by atoms with van der Waals surface area (Å²) in [6, 6.07) is 0. The van der Waals surface area contributed by atoms with Crippen LogP contribution in [0.4, 0.5) is 5.69 Å². The van der Waals surface area contributed by atoms with Crippen LogP contribution in [-0.2, 0) is 11.2 Å². The van der Waals surface area contributed by atoms with E-state index in [-0.39, 0.29) is 5.91 Å². The van der Waals surface area contributed by atoms with Crippen molar-refractivity contribution in [2.45, 2.75) is 19.8 Å². The summed E-state index contributed by atoms with van der Waals surface area (Å²) in [7, 11) is 0. The summed E-state index contributed by atoms with van der Waals surface area (Å²) in [6.07, 6.45) is 1.04. The van der Waals surface area contributed by atoms with Gasteiger partial charge in [0.05, 0.1) is 15.1 Å². The zero-order chi connectivity index (χ0) is 11.2. The number of anilines is 1. The first-order valence-electron chi connectivity index (χ1n) is 4.48. The minimum Gasteiger partial charge on any atom is -0.325 e. The second-order valence-electron chi connectivity index (χ2n) is 3.47. The predicted molar refractivity (Wildman–Crippen MR) is 63.2 cm³/mol. The summed E-state index contributed by atoms with van der Waals surface area (Å²) in [6.45, 7) is 1.81. The van der Waals surface area contributed by atoms with E-state index in [4.69, 9.17) is 34.8 Å². The number of halogens is 3. The Hall–Kier alpha value is -0.440. The topological polar surface area (TPSA) is 29.1 Å². The highest BCUT2D eigenvalue weighted by atomic mass is 35.5. The quantitative estimate of drug-likeness (QED) is 0.709. The lowest BCUT2D eigenvalue weighted by atomic mass is 9.99. The van der Waals surface area contributed by atoms with Crippen molar-refractivity contribution in [3.8, 4) is 0 Å². The predicted octanol–water partition coefficient (Wildman–Crippen LogP) is 3.84. The van der Waals surface area contributed by atoms with Gasteiger partial charge in [-0.15, -0.1) is 0 Å². The summed E-state index contributed by atoms with van der Waals surface area (Å²) in [5.74, 6) is -0.0138. The van der Waals surface area contributed by atoms with Gasteiger partial charge in [-0.1, -0.05) is 34.8 Å². The van der Waals surface area contributed by atoms with E-state index in [9.17, 15) is 4.79 Å². The fourth-order valence-corrected chi connectivity index (χ4v) is 2.46. The molecule has 1 aromatic rings. The standard InChI is InChI=1S/C10H8Cl3NO/c1-4-7(11)9(13)8(12)5-2-3-6(15)14-10(4)5/h2-3H2,1H3,(H,14,15). The smallest absolute Gasteiger partial charge is 0.224 e. The van der Waals surface area contributed by atoms with Crippen LogP contribution in [-0.4, -0.2) is 5.91 Å². The number of benzene rings is 1. The number of fused-ring (bicyclic) bond motifs is 1. The molecule has 5 heteroatoms. The molecule has 1 aromatic carbocycles.